The van der Waals surface area contributed by atoms with Crippen molar-refractivity contribution in [3.63, 3.8) is 0 Å². The molecule has 19 heavy (non-hydrogen) atoms. The van der Waals surface area contributed by atoms with Crippen LogP contribution in [0.2, 0.25) is 4.34 Å². The molecule has 0 saturated heterocycles. The maximum atomic E-state index is 6.17. The summed E-state index contributed by atoms with van der Waals surface area (Å²) in [5, 5.41) is 3.78. The fourth-order valence-electron chi connectivity index (χ4n) is 2.76. The highest BCUT2D eigenvalue weighted by atomic mass is 35.5. The van der Waals surface area contributed by atoms with E-state index < -0.39 is 0 Å². The first-order chi connectivity index (χ1) is 9.13. The SMILES string of the molecule is Cc1ccc(C(C)NC2CCCc3sc(Cl)cc32)s1. The zero-order valence-corrected chi connectivity index (χ0v) is 13.6. The Morgan fingerprint density at radius 1 is 1.37 bits per heavy atom. The maximum Gasteiger partial charge on any atom is 0.0934 e. The van der Waals surface area contributed by atoms with E-state index >= 15 is 0 Å². The van der Waals surface area contributed by atoms with Gasteiger partial charge in [0.1, 0.15) is 0 Å². The van der Waals surface area contributed by atoms with E-state index in [1.807, 2.05) is 11.3 Å². The standard InChI is InChI=1S/C15H18ClNS2/c1-9-6-7-13(18-9)10(2)17-12-4-3-5-14-11(12)8-15(16)19-14/h6-8,10,12,17H,3-5H2,1-2H3. The lowest BCUT2D eigenvalue weighted by atomic mass is 9.93. The van der Waals surface area contributed by atoms with E-state index in [0.29, 0.717) is 12.1 Å². The maximum absolute atomic E-state index is 6.17. The van der Waals surface area contributed by atoms with Crippen molar-refractivity contribution >= 4 is 34.3 Å². The van der Waals surface area contributed by atoms with Gasteiger partial charge in [0.2, 0.25) is 0 Å². The van der Waals surface area contributed by atoms with Crippen LogP contribution in [0.25, 0.3) is 0 Å². The fraction of sp³-hybridized carbons (Fsp3) is 0.467. The van der Waals surface area contributed by atoms with Crippen LogP contribution in [-0.2, 0) is 6.42 Å². The molecule has 0 saturated carbocycles. The second-order valence-electron chi connectivity index (χ2n) is 5.21. The summed E-state index contributed by atoms with van der Waals surface area (Å²) < 4.78 is 0.929. The van der Waals surface area contributed by atoms with Crippen LogP contribution in [0.3, 0.4) is 0 Å². The van der Waals surface area contributed by atoms with Crippen molar-refractivity contribution in [2.75, 3.05) is 0 Å². The second kappa shape index (κ2) is 5.57. The Morgan fingerprint density at radius 3 is 2.95 bits per heavy atom. The molecule has 2 heterocycles. The first-order valence-corrected chi connectivity index (χ1v) is 8.75. The van der Waals surface area contributed by atoms with Crippen molar-refractivity contribution in [1.29, 1.82) is 0 Å². The normalized spacial score (nSPS) is 20.3. The van der Waals surface area contributed by atoms with Crippen molar-refractivity contribution in [3.05, 3.63) is 42.7 Å². The van der Waals surface area contributed by atoms with Gasteiger partial charge in [0.05, 0.1) is 4.34 Å². The summed E-state index contributed by atoms with van der Waals surface area (Å²) in [7, 11) is 0. The second-order valence-corrected chi connectivity index (χ2v) is 8.30. The van der Waals surface area contributed by atoms with Crippen molar-refractivity contribution in [1.82, 2.24) is 5.32 Å². The largest absolute Gasteiger partial charge is 0.303 e. The number of aryl methyl sites for hydroxylation is 2. The van der Waals surface area contributed by atoms with Gasteiger partial charge >= 0.3 is 0 Å². The highest BCUT2D eigenvalue weighted by molar-refractivity contribution is 7.16. The fourth-order valence-corrected chi connectivity index (χ4v) is 5.04. The van der Waals surface area contributed by atoms with E-state index in [-0.39, 0.29) is 0 Å². The minimum atomic E-state index is 0.410. The molecule has 0 fully saturated rings. The topological polar surface area (TPSA) is 12.0 Å². The van der Waals surface area contributed by atoms with Crippen LogP contribution in [0.15, 0.2) is 18.2 Å². The third-order valence-corrected chi connectivity index (χ3v) is 6.25. The van der Waals surface area contributed by atoms with E-state index in [9.17, 15) is 0 Å². The van der Waals surface area contributed by atoms with Crippen LogP contribution >= 0.6 is 34.3 Å². The van der Waals surface area contributed by atoms with Crippen molar-refractivity contribution in [3.8, 4) is 0 Å². The molecule has 0 aromatic carbocycles. The van der Waals surface area contributed by atoms with Gasteiger partial charge in [-0.05, 0) is 56.9 Å². The molecule has 102 valence electrons. The Bertz CT molecular complexity index is 572. The number of thiophene rings is 2. The van der Waals surface area contributed by atoms with Crippen LogP contribution < -0.4 is 5.32 Å². The quantitative estimate of drug-likeness (QED) is 0.789. The van der Waals surface area contributed by atoms with Crippen LogP contribution in [0.1, 0.15) is 52.0 Å². The first-order valence-electron chi connectivity index (χ1n) is 6.74. The third kappa shape index (κ3) is 2.89. The van der Waals surface area contributed by atoms with Gasteiger partial charge in [-0.15, -0.1) is 22.7 Å². The van der Waals surface area contributed by atoms with Crippen LogP contribution in [-0.4, -0.2) is 0 Å². The molecule has 1 aliphatic carbocycles. The van der Waals surface area contributed by atoms with Crippen molar-refractivity contribution in [2.45, 2.75) is 45.2 Å². The average Bonchev–Trinajstić information content (AvgIpc) is 2.95. The Balaban J connectivity index is 1.77. The predicted molar refractivity (Wildman–Crippen MR) is 85.6 cm³/mol. The van der Waals surface area contributed by atoms with Gasteiger partial charge in [0.15, 0.2) is 0 Å². The van der Waals surface area contributed by atoms with Gasteiger partial charge in [-0.3, -0.25) is 0 Å². The molecule has 2 aromatic heterocycles. The lowest BCUT2D eigenvalue weighted by Crippen LogP contribution is -2.26. The molecule has 0 amide bonds. The lowest BCUT2D eigenvalue weighted by molar-refractivity contribution is 0.421. The molecule has 0 aliphatic heterocycles. The Morgan fingerprint density at radius 2 is 2.21 bits per heavy atom. The molecule has 1 nitrogen and oxygen atoms in total. The summed E-state index contributed by atoms with van der Waals surface area (Å²) in [6.45, 7) is 4.42. The minimum Gasteiger partial charge on any atom is -0.303 e. The van der Waals surface area contributed by atoms with Gasteiger partial charge < -0.3 is 5.32 Å². The van der Waals surface area contributed by atoms with E-state index in [0.717, 1.165) is 4.34 Å². The van der Waals surface area contributed by atoms with E-state index in [2.05, 4.69) is 37.4 Å². The Kier molecular flexibility index (Phi) is 3.99. The molecule has 0 spiro atoms. The van der Waals surface area contributed by atoms with Crippen LogP contribution in [0, 0.1) is 6.92 Å². The number of nitrogens with one attached hydrogen (secondary N) is 1. The smallest absolute Gasteiger partial charge is 0.0934 e. The molecule has 2 atom stereocenters. The predicted octanol–water partition coefficient (Wildman–Crippen LogP) is 5.50. The van der Waals surface area contributed by atoms with Gasteiger partial charge in [0.25, 0.3) is 0 Å². The van der Waals surface area contributed by atoms with Gasteiger partial charge in [-0.2, -0.15) is 0 Å². The molecule has 1 N–H and O–H groups in total. The number of halogens is 1. The molecule has 1 aliphatic rings. The Hall–Kier alpha value is -0.350. The van der Waals surface area contributed by atoms with E-state index in [1.54, 1.807) is 11.3 Å². The average molecular weight is 312 g/mol. The molecule has 4 heteroatoms. The van der Waals surface area contributed by atoms with E-state index in [4.69, 9.17) is 11.6 Å². The van der Waals surface area contributed by atoms with Gasteiger partial charge in [-0.25, -0.2) is 0 Å². The zero-order chi connectivity index (χ0) is 13.4. The highest BCUT2D eigenvalue weighted by Crippen LogP contribution is 2.39. The molecule has 0 bridgehead atoms. The van der Waals surface area contributed by atoms with Crippen LogP contribution in [0.5, 0.6) is 0 Å². The summed E-state index contributed by atoms with van der Waals surface area (Å²) in [4.78, 5) is 4.28. The molecule has 3 rings (SSSR count). The number of hydrogen-bond acceptors (Lipinski definition) is 3. The van der Waals surface area contributed by atoms with Crippen LogP contribution in [0.4, 0.5) is 0 Å². The zero-order valence-electron chi connectivity index (χ0n) is 11.2. The summed E-state index contributed by atoms with van der Waals surface area (Å²) in [6.07, 6.45) is 3.67. The van der Waals surface area contributed by atoms with Crippen molar-refractivity contribution < 1.29 is 0 Å². The number of hydrogen-bond donors (Lipinski definition) is 1. The molecule has 2 unspecified atom stereocenters. The van der Waals surface area contributed by atoms with Gasteiger partial charge in [-0.1, -0.05) is 11.6 Å². The van der Waals surface area contributed by atoms with E-state index in [1.165, 1.54) is 39.5 Å². The summed E-state index contributed by atoms with van der Waals surface area (Å²) in [6, 6.07) is 7.47. The minimum absolute atomic E-state index is 0.410. The lowest BCUT2D eigenvalue weighted by Gasteiger charge is -2.26. The number of fused-ring (bicyclic) bond motifs is 1. The summed E-state index contributed by atoms with van der Waals surface area (Å²) in [5.74, 6) is 0. The Labute approximate surface area is 127 Å². The van der Waals surface area contributed by atoms with Crippen molar-refractivity contribution in [2.24, 2.45) is 0 Å². The molecule has 0 radical (unpaired) electrons. The van der Waals surface area contributed by atoms with Gasteiger partial charge in [0, 0.05) is 26.7 Å². The number of rotatable bonds is 3. The highest BCUT2D eigenvalue weighted by Gasteiger charge is 2.24. The molecular formula is C15H18ClNS2. The third-order valence-electron chi connectivity index (χ3n) is 3.72. The molecule has 2 aromatic rings. The summed E-state index contributed by atoms with van der Waals surface area (Å²) in [5.41, 5.74) is 1.43. The summed E-state index contributed by atoms with van der Waals surface area (Å²) >= 11 is 9.80. The monoisotopic (exact) mass is 311 g/mol. The molecular weight excluding hydrogens is 294 g/mol. The first kappa shape index (κ1) is 13.6.